The summed E-state index contributed by atoms with van der Waals surface area (Å²) < 4.78 is 51.1. The molecule has 2 aliphatic heterocycles. The highest BCUT2D eigenvalue weighted by molar-refractivity contribution is 6.08. The minimum Gasteiger partial charge on any atom is -0.484 e. The number of carbonyl (C=O) groups is 1. The van der Waals surface area contributed by atoms with Crippen molar-refractivity contribution in [2.75, 3.05) is 7.05 Å². The number of nitrogens with zero attached hydrogens (tertiary/aromatic N) is 2. The summed E-state index contributed by atoms with van der Waals surface area (Å²) in [7, 11) is 1.43. The molecule has 0 bridgehead atoms. The van der Waals surface area contributed by atoms with Crippen LogP contribution in [-0.2, 0) is 10.3 Å². The fourth-order valence-corrected chi connectivity index (χ4v) is 3.93. The van der Waals surface area contributed by atoms with Crippen LogP contribution in [0.5, 0.6) is 11.5 Å². The van der Waals surface area contributed by atoms with Crippen molar-refractivity contribution in [2.45, 2.75) is 37.8 Å². The van der Waals surface area contributed by atoms with Crippen LogP contribution >= 0.6 is 0 Å². The Morgan fingerprint density at radius 1 is 1.20 bits per heavy atom. The van der Waals surface area contributed by atoms with E-state index in [2.05, 4.69) is 9.73 Å². The monoisotopic (exact) mass is 419 g/mol. The standard InChI is InChI=1S/C21H20F3N3O3/c1-20(2)16(22)21(17(28)27(3)19(25)26-21)14-10-12(7-8-15(14)30-20)11-5-4-6-13(9-11)29-18(23)24/h4-10,16,18H,1-3H3,(H2,25,26)/t16-,21?/m1/s1. The molecular formula is C21H20F3N3O3. The van der Waals surface area contributed by atoms with Gasteiger partial charge in [0.05, 0.1) is 0 Å². The van der Waals surface area contributed by atoms with Crippen molar-refractivity contribution in [3.8, 4) is 22.6 Å². The molecule has 1 amide bonds. The highest BCUT2D eigenvalue weighted by Crippen LogP contribution is 2.51. The molecule has 0 fully saturated rings. The van der Waals surface area contributed by atoms with Gasteiger partial charge in [0, 0.05) is 12.6 Å². The Morgan fingerprint density at radius 3 is 2.53 bits per heavy atom. The van der Waals surface area contributed by atoms with Gasteiger partial charge >= 0.3 is 6.61 Å². The van der Waals surface area contributed by atoms with Gasteiger partial charge in [-0.1, -0.05) is 18.2 Å². The zero-order valence-corrected chi connectivity index (χ0v) is 16.5. The fourth-order valence-electron chi connectivity index (χ4n) is 3.93. The molecule has 1 unspecified atom stereocenters. The van der Waals surface area contributed by atoms with E-state index < -0.39 is 29.8 Å². The Bertz CT molecular complexity index is 1060. The third kappa shape index (κ3) is 2.88. The molecule has 2 aromatic carbocycles. The highest BCUT2D eigenvalue weighted by atomic mass is 19.3. The van der Waals surface area contributed by atoms with E-state index in [1.807, 2.05) is 0 Å². The van der Waals surface area contributed by atoms with E-state index in [4.69, 9.17) is 10.5 Å². The molecule has 9 heteroatoms. The minimum absolute atomic E-state index is 0.0189. The van der Waals surface area contributed by atoms with Gasteiger partial charge in [-0.25, -0.2) is 9.38 Å². The molecule has 4 rings (SSSR count). The average Bonchev–Trinajstić information content (AvgIpc) is 2.91. The van der Waals surface area contributed by atoms with Gasteiger partial charge in [0.1, 0.15) is 17.1 Å². The Hall–Kier alpha value is -3.23. The Labute approximate surface area is 171 Å². The molecule has 158 valence electrons. The zero-order valence-electron chi connectivity index (χ0n) is 16.5. The second-order valence-corrected chi connectivity index (χ2v) is 7.79. The topological polar surface area (TPSA) is 77.2 Å². The maximum Gasteiger partial charge on any atom is 0.387 e. The van der Waals surface area contributed by atoms with Crippen LogP contribution in [0.15, 0.2) is 47.5 Å². The van der Waals surface area contributed by atoms with E-state index in [1.54, 1.807) is 44.2 Å². The van der Waals surface area contributed by atoms with Gasteiger partial charge in [-0.3, -0.25) is 9.69 Å². The van der Waals surface area contributed by atoms with Crippen LogP contribution in [0.2, 0.25) is 0 Å². The quantitative estimate of drug-likeness (QED) is 0.827. The first-order valence-corrected chi connectivity index (χ1v) is 9.22. The van der Waals surface area contributed by atoms with Crippen molar-refractivity contribution in [1.82, 2.24) is 4.90 Å². The Kier molecular flexibility index (Phi) is 4.44. The lowest BCUT2D eigenvalue weighted by Gasteiger charge is -2.44. The maximum absolute atomic E-state index is 15.7. The molecule has 2 aliphatic rings. The number of carbonyl (C=O) groups excluding carboxylic acids is 1. The molecule has 0 radical (unpaired) electrons. The van der Waals surface area contributed by atoms with Gasteiger partial charge in [0.15, 0.2) is 12.1 Å². The third-order valence-electron chi connectivity index (χ3n) is 5.40. The van der Waals surface area contributed by atoms with Gasteiger partial charge in [0.25, 0.3) is 5.91 Å². The summed E-state index contributed by atoms with van der Waals surface area (Å²) in [6.07, 6.45) is -1.81. The second kappa shape index (κ2) is 6.65. The third-order valence-corrected chi connectivity index (χ3v) is 5.40. The first kappa shape index (κ1) is 20.1. The lowest BCUT2D eigenvalue weighted by atomic mass is 9.75. The predicted octanol–water partition coefficient (Wildman–Crippen LogP) is 3.45. The van der Waals surface area contributed by atoms with E-state index in [1.165, 1.54) is 19.2 Å². The number of likely N-dealkylation sites (N-methyl/N-ethyl adjacent to an activating group) is 1. The van der Waals surface area contributed by atoms with Gasteiger partial charge in [-0.05, 0) is 49.2 Å². The number of guanidine groups is 1. The highest BCUT2D eigenvalue weighted by Gasteiger charge is 2.63. The van der Waals surface area contributed by atoms with Crippen molar-refractivity contribution in [3.05, 3.63) is 48.0 Å². The summed E-state index contributed by atoms with van der Waals surface area (Å²) in [6, 6.07) is 11.0. The average molecular weight is 419 g/mol. The number of halogens is 3. The summed E-state index contributed by atoms with van der Waals surface area (Å²) in [6.45, 7) is 0.122. The SMILES string of the molecule is CN1C(=O)C2(N=C1N)c1cc(-c3cccc(OC(F)F)c3)ccc1OC(C)(C)[C@H]2F. The van der Waals surface area contributed by atoms with E-state index in [-0.39, 0.29) is 17.3 Å². The number of nitrogens with two attached hydrogens (primary N) is 1. The van der Waals surface area contributed by atoms with Crippen LogP contribution in [0.1, 0.15) is 19.4 Å². The minimum atomic E-state index is -2.96. The molecule has 2 heterocycles. The molecular weight excluding hydrogens is 399 g/mol. The van der Waals surface area contributed by atoms with Gasteiger partial charge in [0.2, 0.25) is 5.54 Å². The first-order valence-electron chi connectivity index (χ1n) is 9.22. The Balaban J connectivity index is 1.88. The summed E-state index contributed by atoms with van der Waals surface area (Å²) >= 11 is 0. The van der Waals surface area contributed by atoms with Gasteiger partial charge in [-0.2, -0.15) is 8.78 Å². The van der Waals surface area contributed by atoms with Crippen LogP contribution in [0.25, 0.3) is 11.1 Å². The number of aliphatic imine (C=N–C) groups is 1. The van der Waals surface area contributed by atoms with Crippen LogP contribution in [0.4, 0.5) is 13.2 Å². The number of rotatable bonds is 3. The lowest BCUT2D eigenvalue weighted by molar-refractivity contribution is -0.139. The number of fused-ring (bicyclic) bond motifs is 2. The van der Waals surface area contributed by atoms with Crippen molar-refractivity contribution in [3.63, 3.8) is 0 Å². The second-order valence-electron chi connectivity index (χ2n) is 7.79. The van der Waals surface area contributed by atoms with Crippen LogP contribution < -0.4 is 15.2 Å². The molecule has 2 atom stereocenters. The van der Waals surface area contributed by atoms with E-state index in [0.29, 0.717) is 16.9 Å². The van der Waals surface area contributed by atoms with Crippen LogP contribution in [0.3, 0.4) is 0 Å². The molecule has 0 aromatic heterocycles. The number of amides is 1. The molecule has 0 aliphatic carbocycles. The number of ether oxygens (including phenoxy) is 2. The van der Waals surface area contributed by atoms with Gasteiger partial charge < -0.3 is 15.2 Å². The first-order chi connectivity index (χ1) is 14.1. The number of benzene rings is 2. The molecule has 30 heavy (non-hydrogen) atoms. The largest absolute Gasteiger partial charge is 0.484 e. The Morgan fingerprint density at radius 2 is 1.90 bits per heavy atom. The lowest BCUT2D eigenvalue weighted by Crippen LogP contribution is -2.58. The smallest absolute Gasteiger partial charge is 0.387 e. The molecule has 1 spiro atoms. The molecule has 0 saturated carbocycles. The molecule has 2 aromatic rings. The maximum atomic E-state index is 15.7. The van der Waals surface area contributed by atoms with E-state index in [9.17, 15) is 13.6 Å². The molecule has 2 N–H and O–H groups in total. The molecule has 0 saturated heterocycles. The normalized spacial score (nSPS) is 24.6. The number of hydrogen-bond acceptors (Lipinski definition) is 5. The van der Waals surface area contributed by atoms with Crippen molar-refractivity contribution < 1.29 is 27.4 Å². The molecule has 6 nitrogen and oxygen atoms in total. The van der Waals surface area contributed by atoms with Crippen molar-refractivity contribution in [2.24, 2.45) is 10.7 Å². The van der Waals surface area contributed by atoms with Gasteiger partial charge in [-0.15, -0.1) is 0 Å². The summed E-state index contributed by atoms with van der Waals surface area (Å²) in [4.78, 5) is 18.5. The zero-order chi connectivity index (χ0) is 21.8. The summed E-state index contributed by atoms with van der Waals surface area (Å²) in [5, 5.41) is 0. The summed E-state index contributed by atoms with van der Waals surface area (Å²) in [5.41, 5.74) is 3.97. The van der Waals surface area contributed by atoms with Crippen molar-refractivity contribution in [1.29, 1.82) is 0 Å². The number of alkyl halides is 3. The van der Waals surface area contributed by atoms with E-state index >= 15 is 4.39 Å². The van der Waals surface area contributed by atoms with Crippen molar-refractivity contribution >= 4 is 11.9 Å². The van der Waals surface area contributed by atoms with E-state index in [0.717, 1.165) is 4.90 Å². The van der Waals surface area contributed by atoms with Crippen LogP contribution in [-0.4, -0.2) is 42.2 Å². The van der Waals surface area contributed by atoms with Crippen LogP contribution in [0, 0.1) is 0 Å². The predicted molar refractivity (Wildman–Crippen MR) is 104 cm³/mol. The number of hydrogen-bond donors (Lipinski definition) is 1. The fraction of sp³-hybridized carbons (Fsp3) is 0.333. The summed E-state index contributed by atoms with van der Waals surface area (Å²) in [5.74, 6) is -0.409.